The number of amides is 2. The number of ether oxygens (including phenoxy) is 1. The minimum atomic E-state index is -0.498. The maximum atomic E-state index is 12.9. The number of nitrogens with one attached hydrogen (secondary N) is 1. The quantitative estimate of drug-likeness (QED) is 0.671. The van der Waals surface area contributed by atoms with E-state index < -0.39 is 6.10 Å². The minimum Gasteiger partial charge on any atom is -0.480 e. The molecule has 0 aliphatic carbocycles. The van der Waals surface area contributed by atoms with Crippen molar-refractivity contribution in [1.82, 2.24) is 4.90 Å². The van der Waals surface area contributed by atoms with Gasteiger partial charge in [0, 0.05) is 29.4 Å². The molecule has 2 aromatic rings. The predicted molar refractivity (Wildman–Crippen MR) is 116 cm³/mol. The lowest BCUT2D eigenvalue weighted by atomic mass is 10.1. The SMILES string of the molecule is CC[C@H]1Oc2ccc(NC(=O)c3ccc(Cl)c(Cl)c3)cc2CN([C@@H](C)CC)C1=O. The highest BCUT2D eigenvalue weighted by Crippen LogP contribution is 2.31. The fourth-order valence-electron chi connectivity index (χ4n) is 3.24. The Hall–Kier alpha value is -2.24. The van der Waals surface area contributed by atoms with E-state index in [9.17, 15) is 9.59 Å². The van der Waals surface area contributed by atoms with Crippen LogP contribution in [0.3, 0.4) is 0 Å². The molecule has 1 aliphatic rings. The van der Waals surface area contributed by atoms with Crippen molar-refractivity contribution in [3.05, 3.63) is 57.6 Å². The monoisotopic (exact) mass is 434 g/mol. The second kappa shape index (κ2) is 9.06. The first-order valence-electron chi connectivity index (χ1n) is 9.70. The molecular weight excluding hydrogens is 411 g/mol. The zero-order chi connectivity index (χ0) is 21.1. The maximum absolute atomic E-state index is 12.9. The highest BCUT2D eigenvalue weighted by Gasteiger charge is 2.32. The summed E-state index contributed by atoms with van der Waals surface area (Å²) in [5, 5.41) is 3.59. The topological polar surface area (TPSA) is 58.6 Å². The van der Waals surface area contributed by atoms with Gasteiger partial charge < -0.3 is 15.0 Å². The van der Waals surface area contributed by atoms with Crippen molar-refractivity contribution in [3.8, 4) is 5.75 Å². The van der Waals surface area contributed by atoms with Gasteiger partial charge in [0.25, 0.3) is 11.8 Å². The molecule has 0 fully saturated rings. The minimum absolute atomic E-state index is 0.000517. The Labute approximate surface area is 180 Å². The van der Waals surface area contributed by atoms with Crippen molar-refractivity contribution < 1.29 is 14.3 Å². The summed E-state index contributed by atoms with van der Waals surface area (Å²) in [6.07, 6.45) is 0.952. The van der Waals surface area contributed by atoms with Crippen LogP contribution in [-0.4, -0.2) is 28.9 Å². The molecule has 0 spiro atoms. The molecule has 0 unspecified atom stereocenters. The molecule has 3 rings (SSSR count). The summed E-state index contributed by atoms with van der Waals surface area (Å²) in [5.74, 6) is 0.377. The number of hydrogen-bond donors (Lipinski definition) is 1. The molecule has 1 aliphatic heterocycles. The second-order valence-electron chi connectivity index (χ2n) is 7.14. The third-order valence-corrected chi connectivity index (χ3v) is 5.90. The number of nitrogens with zero attached hydrogens (tertiary/aromatic N) is 1. The number of carbonyl (C=O) groups excluding carboxylic acids is 2. The summed E-state index contributed by atoms with van der Waals surface area (Å²) < 4.78 is 5.98. The molecule has 0 saturated heterocycles. The van der Waals surface area contributed by atoms with Gasteiger partial charge in [-0.1, -0.05) is 37.0 Å². The average Bonchev–Trinajstić information content (AvgIpc) is 2.85. The first-order valence-corrected chi connectivity index (χ1v) is 10.5. The van der Waals surface area contributed by atoms with Crippen LogP contribution < -0.4 is 10.1 Å². The zero-order valence-electron chi connectivity index (χ0n) is 16.7. The average molecular weight is 435 g/mol. The lowest BCUT2D eigenvalue weighted by Gasteiger charge is -2.28. The highest BCUT2D eigenvalue weighted by atomic mass is 35.5. The normalized spacial score (nSPS) is 17.2. The van der Waals surface area contributed by atoms with Gasteiger partial charge in [-0.2, -0.15) is 0 Å². The Bertz CT molecular complexity index is 932. The van der Waals surface area contributed by atoms with Crippen LogP contribution in [0, 0.1) is 0 Å². The summed E-state index contributed by atoms with van der Waals surface area (Å²) in [6.45, 7) is 6.47. The van der Waals surface area contributed by atoms with E-state index >= 15 is 0 Å². The van der Waals surface area contributed by atoms with E-state index in [0.717, 1.165) is 12.0 Å². The molecule has 0 bridgehead atoms. The molecular formula is C22H24Cl2N2O3. The van der Waals surface area contributed by atoms with Gasteiger partial charge in [-0.05, 0) is 56.2 Å². The van der Waals surface area contributed by atoms with Crippen LogP contribution in [0.2, 0.25) is 10.0 Å². The van der Waals surface area contributed by atoms with Gasteiger partial charge >= 0.3 is 0 Å². The Balaban J connectivity index is 1.87. The Morgan fingerprint density at radius 1 is 1.21 bits per heavy atom. The van der Waals surface area contributed by atoms with Crippen LogP contribution in [0.1, 0.15) is 49.5 Å². The van der Waals surface area contributed by atoms with Gasteiger partial charge in [0.1, 0.15) is 5.75 Å². The predicted octanol–water partition coefficient (Wildman–Crippen LogP) is 5.54. The van der Waals surface area contributed by atoms with Gasteiger partial charge in [-0.25, -0.2) is 0 Å². The van der Waals surface area contributed by atoms with Crippen LogP contribution in [0.15, 0.2) is 36.4 Å². The van der Waals surface area contributed by atoms with Gasteiger partial charge in [-0.15, -0.1) is 0 Å². The van der Waals surface area contributed by atoms with Crippen molar-refractivity contribution in [3.63, 3.8) is 0 Å². The van der Waals surface area contributed by atoms with E-state index in [2.05, 4.69) is 12.2 Å². The lowest BCUT2D eigenvalue weighted by molar-refractivity contribution is -0.140. The summed E-state index contributed by atoms with van der Waals surface area (Å²) in [7, 11) is 0. The first kappa shape index (κ1) is 21.5. The molecule has 29 heavy (non-hydrogen) atoms. The molecule has 7 heteroatoms. The van der Waals surface area contributed by atoms with E-state index in [1.807, 2.05) is 24.8 Å². The van der Waals surface area contributed by atoms with Crippen LogP contribution in [0.4, 0.5) is 5.69 Å². The van der Waals surface area contributed by atoms with E-state index in [0.29, 0.717) is 40.0 Å². The lowest BCUT2D eigenvalue weighted by Crippen LogP contribution is -2.43. The molecule has 2 atom stereocenters. The number of rotatable bonds is 5. The van der Waals surface area contributed by atoms with Crippen molar-refractivity contribution >= 4 is 40.7 Å². The van der Waals surface area contributed by atoms with Crippen LogP contribution >= 0.6 is 23.2 Å². The summed E-state index contributed by atoms with van der Waals surface area (Å²) >= 11 is 11.9. The number of halogens is 2. The van der Waals surface area contributed by atoms with Gasteiger partial charge in [0.05, 0.1) is 10.0 Å². The van der Waals surface area contributed by atoms with Gasteiger partial charge in [0.15, 0.2) is 6.10 Å². The summed E-state index contributed by atoms with van der Waals surface area (Å²) in [4.78, 5) is 27.3. The van der Waals surface area contributed by atoms with Crippen molar-refractivity contribution in [2.45, 2.75) is 52.3 Å². The fourth-order valence-corrected chi connectivity index (χ4v) is 3.54. The number of carbonyl (C=O) groups is 2. The molecule has 2 amide bonds. The van der Waals surface area contributed by atoms with Gasteiger partial charge in [0.2, 0.25) is 0 Å². The number of hydrogen-bond acceptors (Lipinski definition) is 3. The number of benzene rings is 2. The van der Waals surface area contributed by atoms with E-state index in [1.165, 1.54) is 6.07 Å². The third-order valence-electron chi connectivity index (χ3n) is 5.16. The molecule has 1 heterocycles. The molecule has 5 nitrogen and oxygen atoms in total. The molecule has 0 aromatic heterocycles. The molecule has 0 radical (unpaired) electrons. The van der Waals surface area contributed by atoms with Crippen LogP contribution in [-0.2, 0) is 11.3 Å². The maximum Gasteiger partial charge on any atom is 0.264 e. The first-order chi connectivity index (χ1) is 13.8. The fraction of sp³-hybridized carbons (Fsp3) is 0.364. The zero-order valence-corrected chi connectivity index (χ0v) is 18.2. The van der Waals surface area contributed by atoms with Crippen LogP contribution in [0.25, 0.3) is 0 Å². The molecule has 1 N–H and O–H groups in total. The Kier molecular flexibility index (Phi) is 6.70. The van der Waals surface area contributed by atoms with Crippen molar-refractivity contribution in [2.75, 3.05) is 5.32 Å². The molecule has 154 valence electrons. The highest BCUT2D eigenvalue weighted by molar-refractivity contribution is 6.42. The second-order valence-corrected chi connectivity index (χ2v) is 7.96. The van der Waals surface area contributed by atoms with E-state index in [1.54, 1.807) is 24.3 Å². The largest absolute Gasteiger partial charge is 0.480 e. The van der Waals surface area contributed by atoms with Crippen molar-refractivity contribution in [1.29, 1.82) is 0 Å². The Morgan fingerprint density at radius 3 is 2.62 bits per heavy atom. The molecule has 2 aromatic carbocycles. The summed E-state index contributed by atoms with van der Waals surface area (Å²) in [6, 6.07) is 10.3. The smallest absolute Gasteiger partial charge is 0.264 e. The number of anilines is 1. The Morgan fingerprint density at radius 2 is 1.97 bits per heavy atom. The van der Waals surface area contributed by atoms with E-state index in [4.69, 9.17) is 27.9 Å². The third kappa shape index (κ3) is 4.68. The standard InChI is InChI=1S/C22H24Cl2N2O3/c1-4-13(3)26-12-15-10-16(7-9-20(15)29-19(5-2)22(26)28)25-21(27)14-6-8-17(23)18(24)11-14/h6-11,13,19H,4-5,12H2,1-3H3,(H,25,27)/t13-,19+/m0/s1. The summed E-state index contributed by atoms with van der Waals surface area (Å²) in [5.41, 5.74) is 1.89. The molecule has 0 saturated carbocycles. The van der Waals surface area contributed by atoms with Crippen LogP contribution in [0.5, 0.6) is 5.75 Å². The van der Waals surface area contributed by atoms with Crippen molar-refractivity contribution in [2.24, 2.45) is 0 Å². The van der Waals surface area contributed by atoms with E-state index in [-0.39, 0.29) is 17.9 Å². The number of fused-ring (bicyclic) bond motifs is 1. The van der Waals surface area contributed by atoms with Gasteiger partial charge in [-0.3, -0.25) is 9.59 Å².